The van der Waals surface area contributed by atoms with Gasteiger partial charge >= 0.3 is 12.0 Å². The van der Waals surface area contributed by atoms with Gasteiger partial charge in [-0.25, -0.2) is 9.59 Å². The average Bonchev–Trinajstić information content (AvgIpc) is 2.79. The highest BCUT2D eigenvalue weighted by Gasteiger charge is 2.33. The number of hydrogen-bond donors (Lipinski definition) is 4. The Bertz CT molecular complexity index is 1010. The molecule has 1 heterocycles. The van der Waals surface area contributed by atoms with Crippen molar-refractivity contribution in [3.8, 4) is 0 Å². The molecule has 2 aromatic rings. The summed E-state index contributed by atoms with van der Waals surface area (Å²) in [5, 5.41) is 17.6. The minimum Gasteiger partial charge on any atom is -0.479 e. The zero-order valence-corrected chi connectivity index (χ0v) is 17.9. The molecule has 0 saturated carbocycles. The highest BCUT2D eigenvalue weighted by atomic mass is 16.4. The molecule has 0 saturated heterocycles. The largest absolute Gasteiger partial charge is 0.479 e. The molecule has 0 aliphatic carbocycles. The van der Waals surface area contributed by atoms with Gasteiger partial charge < -0.3 is 21.1 Å². The molecule has 4 N–H and O–H groups in total. The Hall–Kier alpha value is -3.88. The first-order valence-corrected chi connectivity index (χ1v) is 10.4. The van der Waals surface area contributed by atoms with Crippen LogP contribution in [0.15, 0.2) is 54.6 Å². The number of para-hydroxylation sites is 2. The lowest BCUT2D eigenvalue weighted by Crippen LogP contribution is -2.56. The number of carbonyl (C=O) groups excluding carboxylic acids is 3. The molecule has 1 unspecified atom stereocenters. The van der Waals surface area contributed by atoms with Crippen molar-refractivity contribution in [2.75, 3.05) is 16.8 Å². The fraction of sp³-hybridized carbons (Fsp3) is 0.304. The maximum absolute atomic E-state index is 13.1. The van der Waals surface area contributed by atoms with Crippen molar-refractivity contribution < 1.29 is 24.3 Å². The van der Waals surface area contributed by atoms with Crippen LogP contribution >= 0.6 is 0 Å². The van der Waals surface area contributed by atoms with Crippen LogP contribution < -0.4 is 20.9 Å². The van der Waals surface area contributed by atoms with Crippen LogP contribution in [0.3, 0.4) is 0 Å². The van der Waals surface area contributed by atoms with Gasteiger partial charge in [-0.15, -0.1) is 0 Å². The molecule has 1 aliphatic heterocycles. The van der Waals surface area contributed by atoms with Gasteiger partial charge in [0.1, 0.15) is 12.6 Å². The zero-order chi connectivity index (χ0) is 23.3. The molecule has 0 bridgehead atoms. The molecule has 9 heteroatoms. The van der Waals surface area contributed by atoms with Crippen molar-refractivity contribution in [3.05, 3.63) is 60.2 Å². The number of nitrogens with zero attached hydrogens (tertiary/aromatic N) is 1. The van der Waals surface area contributed by atoms with Crippen LogP contribution in [-0.2, 0) is 14.4 Å². The molecule has 1 aliphatic rings. The molecular weight excluding hydrogens is 412 g/mol. The molecule has 168 valence electrons. The van der Waals surface area contributed by atoms with E-state index in [-0.39, 0.29) is 18.4 Å². The summed E-state index contributed by atoms with van der Waals surface area (Å²) < 4.78 is 0. The maximum atomic E-state index is 13.1. The predicted octanol–water partition coefficient (Wildman–Crippen LogP) is 2.51. The van der Waals surface area contributed by atoms with Gasteiger partial charge in [-0.05, 0) is 23.6 Å². The summed E-state index contributed by atoms with van der Waals surface area (Å²) in [4.78, 5) is 51.2. The van der Waals surface area contributed by atoms with Crippen LogP contribution in [0, 0.1) is 5.92 Å². The highest BCUT2D eigenvalue weighted by molar-refractivity contribution is 6.10. The number of carbonyl (C=O) groups is 4. The number of carboxylic acid groups (broad SMARTS) is 1. The van der Waals surface area contributed by atoms with Gasteiger partial charge in [0.05, 0.1) is 11.4 Å². The van der Waals surface area contributed by atoms with Crippen molar-refractivity contribution in [2.45, 2.75) is 32.4 Å². The first kappa shape index (κ1) is 22.8. The molecule has 3 rings (SSSR count). The van der Waals surface area contributed by atoms with Crippen LogP contribution in [0.4, 0.5) is 16.2 Å². The van der Waals surface area contributed by atoms with Gasteiger partial charge in [-0.2, -0.15) is 0 Å². The molecule has 3 atom stereocenters. The third kappa shape index (κ3) is 5.05. The van der Waals surface area contributed by atoms with E-state index in [4.69, 9.17) is 0 Å². The first-order chi connectivity index (χ1) is 15.3. The number of hydrogen-bond acceptors (Lipinski definition) is 4. The van der Waals surface area contributed by atoms with E-state index in [0.717, 1.165) is 0 Å². The molecule has 0 spiro atoms. The predicted molar refractivity (Wildman–Crippen MR) is 119 cm³/mol. The molecular formula is C23H26N4O5. The van der Waals surface area contributed by atoms with E-state index < -0.39 is 30.0 Å². The van der Waals surface area contributed by atoms with Gasteiger partial charge in [0.25, 0.3) is 0 Å². The SMILES string of the molecule is CCC(C)[C@H](NC(=O)N1CC(=O)Nc2ccccc21)C(=O)N[C@H](C(=O)O)c1ccccc1. The summed E-state index contributed by atoms with van der Waals surface area (Å²) in [6, 6.07) is 12.3. The lowest BCUT2D eigenvalue weighted by Gasteiger charge is -2.32. The maximum Gasteiger partial charge on any atom is 0.330 e. The summed E-state index contributed by atoms with van der Waals surface area (Å²) >= 11 is 0. The van der Waals surface area contributed by atoms with Crippen molar-refractivity contribution in [1.29, 1.82) is 0 Å². The normalized spacial score (nSPS) is 15.6. The first-order valence-electron chi connectivity index (χ1n) is 10.4. The Balaban J connectivity index is 1.81. The van der Waals surface area contributed by atoms with Crippen molar-refractivity contribution in [2.24, 2.45) is 5.92 Å². The van der Waals surface area contributed by atoms with E-state index in [1.54, 1.807) is 61.5 Å². The Morgan fingerprint density at radius 3 is 2.38 bits per heavy atom. The monoisotopic (exact) mass is 438 g/mol. The van der Waals surface area contributed by atoms with Gasteiger partial charge in [0.2, 0.25) is 11.8 Å². The van der Waals surface area contributed by atoms with Gasteiger partial charge in [0.15, 0.2) is 6.04 Å². The summed E-state index contributed by atoms with van der Waals surface area (Å²) in [6.07, 6.45) is 0.568. The van der Waals surface area contributed by atoms with E-state index in [1.807, 2.05) is 6.92 Å². The molecule has 0 fully saturated rings. The second-order valence-electron chi connectivity index (χ2n) is 7.65. The lowest BCUT2D eigenvalue weighted by molar-refractivity contribution is -0.142. The highest BCUT2D eigenvalue weighted by Crippen LogP contribution is 2.29. The summed E-state index contributed by atoms with van der Waals surface area (Å²) in [6.45, 7) is 3.46. The van der Waals surface area contributed by atoms with Crippen molar-refractivity contribution >= 4 is 35.2 Å². The number of fused-ring (bicyclic) bond motifs is 1. The minimum atomic E-state index is -1.26. The second-order valence-corrected chi connectivity index (χ2v) is 7.65. The third-order valence-electron chi connectivity index (χ3n) is 5.46. The number of carboxylic acids is 1. The second kappa shape index (κ2) is 9.95. The van der Waals surface area contributed by atoms with Gasteiger partial charge in [-0.3, -0.25) is 14.5 Å². The van der Waals surface area contributed by atoms with E-state index in [2.05, 4.69) is 16.0 Å². The van der Waals surface area contributed by atoms with Crippen LogP contribution in [-0.4, -0.2) is 41.5 Å². The summed E-state index contributed by atoms with van der Waals surface area (Å²) in [7, 11) is 0. The van der Waals surface area contributed by atoms with E-state index in [9.17, 15) is 24.3 Å². The Labute approximate surface area is 185 Å². The Kier molecular flexibility index (Phi) is 7.09. The van der Waals surface area contributed by atoms with E-state index in [0.29, 0.717) is 23.4 Å². The molecule has 2 aromatic carbocycles. The smallest absolute Gasteiger partial charge is 0.330 e. The zero-order valence-electron chi connectivity index (χ0n) is 17.9. The van der Waals surface area contributed by atoms with Crippen molar-refractivity contribution in [1.82, 2.24) is 10.6 Å². The summed E-state index contributed by atoms with van der Waals surface area (Å²) in [5.41, 5.74) is 1.43. The molecule has 9 nitrogen and oxygen atoms in total. The quantitative estimate of drug-likeness (QED) is 0.528. The minimum absolute atomic E-state index is 0.195. The van der Waals surface area contributed by atoms with Gasteiger partial charge in [-0.1, -0.05) is 62.7 Å². The lowest BCUT2D eigenvalue weighted by atomic mass is 9.97. The molecule has 32 heavy (non-hydrogen) atoms. The topological polar surface area (TPSA) is 128 Å². The van der Waals surface area contributed by atoms with Crippen LogP contribution in [0.5, 0.6) is 0 Å². The average molecular weight is 438 g/mol. The number of aliphatic carboxylic acids is 1. The van der Waals surface area contributed by atoms with E-state index in [1.165, 1.54) is 4.90 Å². The molecule has 0 radical (unpaired) electrons. The molecule has 4 amide bonds. The standard InChI is InChI=1S/C23H26N4O5/c1-3-14(2)19(21(29)25-20(22(30)31)15-9-5-4-6-10-15)26-23(32)27-13-18(28)24-16-11-7-8-12-17(16)27/h4-12,14,19-20H,3,13H2,1-2H3,(H,24,28)(H,25,29)(H,26,32)(H,30,31)/t14?,19-,20-/m0/s1. The fourth-order valence-electron chi connectivity index (χ4n) is 3.49. The Morgan fingerprint density at radius 2 is 1.72 bits per heavy atom. The fourth-order valence-corrected chi connectivity index (χ4v) is 3.49. The van der Waals surface area contributed by atoms with Crippen LogP contribution in [0.2, 0.25) is 0 Å². The number of nitrogens with one attached hydrogen (secondary N) is 3. The number of anilines is 2. The van der Waals surface area contributed by atoms with E-state index >= 15 is 0 Å². The van der Waals surface area contributed by atoms with Crippen LogP contribution in [0.1, 0.15) is 31.9 Å². The number of benzene rings is 2. The summed E-state index contributed by atoms with van der Waals surface area (Å²) in [5.74, 6) is -2.45. The number of urea groups is 1. The number of rotatable bonds is 7. The molecule has 0 aromatic heterocycles. The van der Waals surface area contributed by atoms with Crippen molar-refractivity contribution in [3.63, 3.8) is 0 Å². The third-order valence-corrected chi connectivity index (χ3v) is 5.46. The van der Waals surface area contributed by atoms with Crippen LogP contribution in [0.25, 0.3) is 0 Å². The van der Waals surface area contributed by atoms with Gasteiger partial charge in [0, 0.05) is 0 Å². The Morgan fingerprint density at radius 1 is 1.06 bits per heavy atom. The number of amides is 4.